The molecule has 1 aliphatic heterocycles. The molecular weight excluding hydrogens is 361 g/mol. The van der Waals surface area contributed by atoms with Crippen LogP contribution >= 0.6 is 0 Å². The number of esters is 1. The van der Waals surface area contributed by atoms with E-state index in [4.69, 9.17) is 9.47 Å². The third-order valence-electron chi connectivity index (χ3n) is 4.42. The Morgan fingerprint density at radius 1 is 1.39 bits per heavy atom. The molecule has 3 atom stereocenters. The minimum atomic E-state index is -0.647. The maximum Gasteiger partial charge on any atom is 0.408 e. The van der Waals surface area contributed by atoms with Crippen LogP contribution in [0.5, 0.6) is 0 Å². The Morgan fingerprint density at radius 2 is 2.11 bits per heavy atom. The summed E-state index contributed by atoms with van der Waals surface area (Å²) in [5, 5.41) is 2.81. The number of rotatable bonds is 6. The molecule has 6 heteroatoms. The van der Waals surface area contributed by atoms with Crippen molar-refractivity contribution in [1.82, 2.24) is 5.32 Å². The highest BCUT2D eigenvalue weighted by Gasteiger charge is 2.39. The fourth-order valence-corrected chi connectivity index (χ4v) is 3.14. The number of hydrogen-bond acceptors (Lipinski definition) is 4. The fourth-order valence-electron chi connectivity index (χ4n) is 3.14. The molecule has 0 saturated carbocycles. The quantitative estimate of drug-likeness (QED) is 0.571. The van der Waals surface area contributed by atoms with E-state index in [1.807, 2.05) is 19.9 Å². The number of amides is 1. The summed E-state index contributed by atoms with van der Waals surface area (Å²) < 4.78 is 24.5. The lowest BCUT2D eigenvalue weighted by Gasteiger charge is -2.26. The summed E-state index contributed by atoms with van der Waals surface area (Å²) in [5.41, 5.74) is 1.20. The van der Waals surface area contributed by atoms with E-state index in [0.717, 1.165) is 5.57 Å². The van der Waals surface area contributed by atoms with Gasteiger partial charge >= 0.3 is 12.1 Å². The molecule has 0 bridgehead atoms. The zero-order chi connectivity index (χ0) is 20.9. The Bertz CT molecular complexity index is 734. The largest absolute Gasteiger partial charge is 0.460 e. The topological polar surface area (TPSA) is 64.6 Å². The lowest BCUT2D eigenvalue weighted by Crippen LogP contribution is -2.46. The van der Waals surface area contributed by atoms with Crippen LogP contribution in [0.4, 0.5) is 9.18 Å². The average Bonchev–Trinajstić information content (AvgIpc) is 2.91. The maximum atomic E-state index is 13.6. The molecule has 0 radical (unpaired) electrons. The second-order valence-electron chi connectivity index (χ2n) is 8.51. The smallest absolute Gasteiger partial charge is 0.408 e. The summed E-state index contributed by atoms with van der Waals surface area (Å²) in [4.78, 5) is 24.6. The molecule has 1 N–H and O–H groups in total. The van der Waals surface area contributed by atoms with Crippen LogP contribution in [0.2, 0.25) is 0 Å². The van der Waals surface area contributed by atoms with Gasteiger partial charge in [0.15, 0.2) is 0 Å². The number of nitrogens with one attached hydrogen (secondary N) is 1. The first-order chi connectivity index (χ1) is 13.0. The Labute approximate surface area is 166 Å². The van der Waals surface area contributed by atoms with Gasteiger partial charge in [-0.15, -0.1) is 0 Å². The van der Waals surface area contributed by atoms with Crippen molar-refractivity contribution in [3.05, 3.63) is 47.3 Å². The lowest BCUT2D eigenvalue weighted by atomic mass is 9.94. The minimum Gasteiger partial charge on any atom is -0.460 e. The van der Waals surface area contributed by atoms with Gasteiger partial charge in [-0.25, -0.2) is 9.18 Å². The van der Waals surface area contributed by atoms with Gasteiger partial charge in [-0.05, 0) is 71.6 Å². The van der Waals surface area contributed by atoms with Crippen LogP contribution in [0.15, 0.2) is 35.9 Å². The van der Waals surface area contributed by atoms with Crippen molar-refractivity contribution in [2.24, 2.45) is 5.92 Å². The molecule has 1 heterocycles. The highest BCUT2D eigenvalue weighted by molar-refractivity contribution is 5.75. The number of hydrogen-bond donors (Lipinski definition) is 1. The van der Waals surface area contributed by atoms with Crippen molar-refractivity contribution in [3.8, 4) is 0 Å². The van der Waals surface area contributed by atoms with Crippen LogP contribution in [0.25, 0.3) is 0 Å². The number of alkyl carbamates (subject to hydrolysis) is 1. The Hall–Kier alpha value is -2.37. The first-order valence-corrected chi connectivity index (χ1v) is 9.61. The van der Waals surface area contributed by atoms with Crippen LogP contribution in [0.1, 0.15) is 53.0 Å². The molecule has 5 nitrogen and oxygen atoms in total. The molecule has 1 aromatic carbocycles. The molecule has 1 amide bonds. The molecule has 1 aliphatic rings. The number of benzene rings is 1. The van der Waals surface area contributed by atoms with Gasteiger partial charge in [0.05, 0.1) is 12.0 Å². The van der Waals surface area contributed by atoms with Gasteiger partial charge < -0.3 is 14.8 Å². The standard InChI is InChI=1S/C22H30FNO4/c1-14(2)9-10-16-13-19(27-20(16)25)18(24-21(26)28-22(3,4)5)12-15-7-6-8-17(23)11-15/h6-9,11,16,18-19H,10,12-13H2,1-5H3,(H,24,26). The summed E-state index contributed by atoms with van der Waals surface area (Å²) in [6.45, 7) is 9.29. The number of ether oxygens (including phenoxy) is 2. The van der Waals surface area contributed by atoms with E-state index < -0.39 is 23.8 Å². The van der Waals surface area contributed by atoms with E-state index >= 15 is 0 Å². The van der Waals surface area contributed by atoms with E-state index in [-0.39, 0.29) is 17.7 Å². The molecular formula is C22H30FNO4. The van der Waals surface area contributed by atoms with Gasteiger partial charge in [0, 0.05) is 0 Å². The normalized spacial score (nSPS) is 20.3. The van der Waals surface area contributed by atoms with Crippen molar-refractivity contribution in [2.75, 3.05) is 0 Å². The van der Waals surface area contributed by atoms with Gasteiger partial charge in [0.25, 0.3) is 0 Å². The number of carbonyl (C=O) groups is 2. The number of halogens is 1. The molecule has 1 fully saturated rings. The predicted octanol–water partition coefficient (Wildman–Crippen LogP) is 4.55. The molecule has 2 rings (SSSR count). The Kier molecular flexibility index (Phi) is 7.22. The van der Waals surface area contributed by atoms with Gasteiger partial charge in [-0.1, -0.05) is 23.8 Å². The zero-order valence-corrected chi connectivity index (χ0v) is 17.3. The third-order valence-corrected chi connectivity index (χ3v) is 4.42. The summed E-state index contributed by atoms with van der Waals surface area (Å²) in [7, 11) is 0. The summed E-state index contributed by atoms with van der Waals surface area (Å²) in [6.07, 6.45) is 2.38. The third kappa shape index (κ3) is 6.98. The van der Waals surface area contributed by atoms with Crippen LogP contribution in [-0.4, -0.2) is 29.8 Å². The molecule has 0 spiro atoms. The lowest BCUT2D eigenvalue weighted by molar-refractivity contribution is -0.145. The SMILES string of the molecule is CC(C)=CCC1CC(C(Cc2cccc(F)c2)NC(=O)OC(C)(C)C)OC1=O. The first-order valence-electron chi connectivity index (χ1n) is 9.61. The molecule has 3 unspecified atom stereocenters. The van der Waals surface area contributed by atoms with Crippen molar-refractivity contribution >= 4 is 12.1 Å². The molecule has 1 saturated heterocycles. The highest BCUT2D eigenvalue weighted by atomic mass is 19.1. The zero-order valence-electron chi connectivity index (χ0n) is 17.3. The summed E-state index contributed by atoms with van der Waals surface area (Å²) in [6, 6.07) is 5.68. The van der Waals surface area contributed by atoms with Crippen molar-refractivity contribution in [3.63, 3.8) is 0 Å². The van der Waals surface area contributed by atoms with Crippen LogP contribution in [0, 0.1) is 11.7 Å². The molecule has 154 valence electrons. The fraction of sp³-hybridized carbons (Fsp3) is 0.545. The van der Waals surface area contributed by atoms with Crippen molar-refractivity contribution < 1.29 is 23.5 Å². The monoisotopic (exact) mass is 391 g/mol. The van der Waals surface area contributed by atoms with Gasteiger partial charge in [-0.2, -0.15) is 0 Å². The molecule has 1 aromatic rings. The average molecular weight is 391 g/mol. The molecule has 0 aliphatic carbocycles. The minimum absolute atomic E-state index is 0.240. The predicted molar refractivity (Wildman–Crippen MR) is 105 cm³/mol. The summed E-state index contributed by atoms with van der Waals surface area (Å²) in [5.74, 6) is -0.855. The second-order valence-corrected chi connectivity index (χ2v) is 8.51. The van der Waals surface area contributed by atoms with Crippen LogP contribution < -0.4 is 5.32 Å². The van der Waals surface area contributed by atoms with Gasteiger partial charge in [0.1, 0.15) is 17.5 Å². The van der Waals surface area contributed by atoms with Crippen molar-refractivity contribution in [2.45, 2.75) is 71.6 Å². The number of cyclic esters (lactones) is 1. The summed E-state index contributed by atoms with van der Waals surface area (Å²) >= 11 is 0. The van der Waals surface area contributed by atoms with E-state index in [1.54, 1.807) is 32.9 Å². The van der Waals surface area contributed by atoms with E-state index in [0.29, 0.717) is 24.8 Å². The van der Waals surface area contributed by atoms with Crippen LogP contribution in [-0.2, 0) is 20.7 Å². The first kappa shape index (κ1) is 21.9. The number of carbonyl (C=O) groups excluding carboxylic acids is 2. The van der Waals surface area contributed by atoms with E-state index in [9.17, 15) is 14.0 Å². The number of allylic oxidation sites excluding steroid dienone is 2. The van der Waals surface area contributed by atoms with Crippen LogP contribution in [0.3, 0.4) is 0 Å². The molecule has 28 heavy (non-hydrogen) atoms. The van der Waals surface area contributed by atoms with Gasteiger partial charge in [0.2, 0.25) is 0 Å². The van der Waals surface area contributed by atoms with Gasteiger partial charge in [-0.3, -0.25) is 4.79 Å². The Balaban J connectivity index is 2.14. The second kappa shape index (κ2) is 9.22. The molecule has 0 aromatic heterocycles. The maximum absolute atomic E-state index is 13.6. The van der Waals surface area contributed by atoms with Crippen molar-refractivity contribution in [1.29, 1.82) is 0 Å². The highest BCUT2D eigenvalue weighted by Crippen LogP contribution is 2.28. The Morgan fingerprint density at radius 3 is 2.71 bits per heavy atom. The van der Waals surface area contributed by atoms with E-state index in [2.05, 4.69) is 5.32 Å². The van der Waals surface area contributed by atoms with E-state index in [1.165, 1.54) is 12.1 Å².